The lowest BCUT2D eigenvalue weighted by atomic mass is 9.92. The summed E-state index contributed by atoms with van der Waals surface area (Å²) in [7, 11) is 1.31. The van der Waals surface area contributed by atoms with E-state index in [2.05, 4.69) is 0 Å². The molecule has 7 nitrogen and oxygen atoms in total. The number of nitrogens with two attached hydrogens (primary N) is 1. The van der Waals surface area contributed by atoms with Crippen LogP contribution in [-0.2, 0) is 22.4 Å². The van der Waals surface area contributed by atoms with E-state index in [1.54, 1.807) is 0 Å². The van der Waals surface area contributed by atoms with Crippen LogP contribution in [0.5, 0.6) is 5.75 Å². The van der Waals surface area contributed by atoms with Crippen LogP contribution in [-0.4, -0.2) is 17.8 Å². The summed E-state index contributed by atoms with van der Waals surface area (Å²) in [6.07, 6.45) is -6.07. The summed E-state index contributed by atoms with van der Waals surface area (Å²) in [4.78, 5) is 24.2. The Morgan fingerprint density at radius 3 is 2.50 bits per heavy atom. The highest BCUT2D eigenvalue weighted by molar-refractivity contribution is 6.25. The number of methoxy groups -OCH3 is 1. The number of carbonyl (C=O) groups excluding carboxylic acids is 1. The van der Waals surface area contributed by atoms with Gasteiger partial charge in [-0.25, -0.2) is 4.39 Å². The van der Waals surface area contributed by atoms with Crippen LogP contribution >= 0.6 is 0 Å². The lowest BCUT2D eigenvalue weighted by molar-refractivity contribution is -0.383. The van der Waals surface area contributed by atoms with E-state index in [-0.39, 0.29) is 38.8 Å². The molecule has 0 spiro atoms. The molecule has 1 heterocycles. The maximum Gasteiger partial charge on any atom is 0.416 e. The smallest absolute Gasteiger partial charge is 0.416 e. The number of nitro benzene ring substituents is 1. The number of nitro groups is 1. The maximum atomic E-state index is 13.4. The van der Waals surface area contributed by atoms with E-state index < -0.39 is 46.8 Å². The standard InChI is InChI=1S/C23H16F4N2O5/c1-33-14-8-16-15(5-11(10-24)6-18(16)29(31)32)17(9-14)21-20(30)19(22(28)34-21)12-3-2-4-13(7-12)23(25,26)27/h2-9,21H,10,28H2,1H3. The third kappa shape index (κ3) is 3.89. The summed E-state index contributed by atoms with van der Waals surface area (Å²) in [6, 6.07) is 9.22. The van der Waals surface area contributed by atoms with Crippen molar-refractivity contribution in [2.24, 2.45) is 5.73 Å². The Morgan fingerprint density at radius 2 is 1.88 bits per heavy atom. The highest BCUT2D eigenvalue weighted by atomic mass is 19.4. The van der Waals surface area contributed by atoms with Crippen molar-refractivity contribution in [1.29, 1.82) is 0 Å². The van der Waals surface area contributed by atoms with Crippen molar-refractivity contribution in [2.75, 3.05) is 7.11 Å². The number of rotatable bonds is 5. The predicted octanol–water partition coefficient (Wildman–Crippen LogP) is 5.21. The van der Waals surface area contributed by atoms with E-state index in [0.717, 1.165) is 24.3 Å². The molecule has 2 N–H and O–H groups in total. The molecule has 0 fully saturated rings. The van der Waals surface area contributed by atoms with Crippen LogP contribution in [0.1, 0.15) is 28.4 Å². The second-order valence-electron chi connectivity index (χ2n) is 7.50. The minimum Gasteiger partial charge on any atom is -0.497 e. The lowest BCUT2D eigenvalue weighted by Crippen LogP contribution is -2.11. The van der Waals surface area contributed by atoms with Crippen LogP contribution in [0.15, 0.2) is 54.4 Å². The van der Waals surface area contributed by atoms with Crippen molar-refractivity contribution in [3.63, 3.8) is 0 Å². The van der Waals surface area contributed by atoms with Crippen molar-refractivity contribution in [2.45, 2.75) is 19.0 Å². The van der Waals surface area contributed by atoms with Gasteiger partial charge in [0.1, 0.15) is 12.4 Å². The van der Waals surface area contributed by atoms with E-state index in [4.69, 9.17) is 15.2 Å². The Bertz CT molecular complexity index is 1370. The summed E-state index contributed by atoms with van der Waals surface area (Å²) in [5, 5.41) is 11.8. The molecule has 4 rings (SSSR count). The van der Waals surface area contributed by atoms with Gasteiger partial charge in [-0.3, -0.25) is 14.9 Å². The van der Waals surface area contributed by atoms with Crippen LogP contribution in [0.25, 0.3) is 16.3 Å². The molecule has 1 unspecified atom stereocenters. The molecule has 0 radical (unpaired) electrons. The van der Waals surface area contributed by atoms with E-state index >= 15 is 0 Å². The highest BCUT2D eigenvalue weighted by Gasteiger charge is 2.39. The zero-order valence-electron chi connectivity index (χ0n) is 17.5. The second kappa shape index (κ2) is 8.32. The van der Waals surface area contributed by atoms with Crippen LogP contribution < -0.4 is 10.5 Å². The summed E-state index contributed by atoms with van der Waals surface area (Å²) in [5.41, 5.74) is 4.25. The Labute approximate surface area is 189 Å². The van der Waals surface area contributed by atoms with Crippen molar-refractivity contribution >= 4 is 27.8 Å². The number of fused-ring (bicyclic) bond motifs is 1. The summed E-state index contributed by atoms with van der Waals surface area (Å²) >= 11 is 0. The van der Waals surface area contributed by atoms with Crippen LogP contribution in [0.4, 0.5) is 23.2 Å². The molecule has 176 valence electrons. The van der Waals surface area contributed by atoms with E-state index in [1.807, 2.05) is 0 Å². The number of ether oxygens (including phenoxy) is 2. The Hall–Kier alpha value is -4.15. The number of benzene rings is 3. The van der Waals surface area contributed by atoms with Crippen LogP contribution in [0.2, 0.25) is 0 Å². The van der Waals surface area contributed by atoms with Gasteiger partial charge in [-0.2, -0.15) is 13.2 Å². The first-order valence-corrected chi connectivity index (χ1v) is 9.78. The highest BCUT2D eigenvalue weighted by Crippen LogP contribution is 2.43. The van der Waals surface area contributed by atoms with Crippen LogP contribution in [0.3, 0.4) is 0 Å². The van der Waals surface area contributed by atoms with Crippen molar-refractivity contribution in [1.82, 2.24) is 0 Å². The average molecular weight is 476 g/mol. The van der Waals surface area contributed by atoms with Gasteiger partial charge in [0.15, 0.2) is 12.0 Å². The van der Waals surface area contributed by atoms with Gasteiger partial charge in [-0.1, -0.05) is 12.1 Å². The molecule has 1 aliphatic heterocycles. The monoisotopic (exact) mass is 476 g/mol. The fraction of sp³-hybridized carbons (Fsp3) is 0.174. The molecule has 0 bridgehead atoms. The normalized spacial score (nSPS) is 16.1. The minimum atomic E-state index is -4.64. The van der Waals surface area contributed by atoms with Crippen molar-refractivity contribution in [3.8, 4) is 5.75 Å². The SMILES string of the molecule is COc1cc(C2OC(N)=C(c3cccc(C(F)(F)F)c3)C2=O)c2cc(CF)cc([N+](=O)[O-])c2c1. The average Bonchev–Trinajstić information content (AvgIpc) is 3.10. The Balaban J connectivity index is 1.88. The summed E-state index contributed by atoms with van der Waals surface area (Å²) in [6.45, 7) is -1.00. The fourth-order valence-corrected chi connectivity index (χ4v) is 3.90. The molecule has 1 aliphatic rings. The number of halogens is 4. The van der Waals surface area contributed by atoms with Gasteiger partial charge in [0.05, 0.1) is 28.6 Å². The zero-order chi connectivity index (χ0) is 24.8. The second-order valence-corrected chi connectivity index (χ2v) is 7.50. The number of hydrogen-bond donors (Lipinski definition) is 1. The first-order chi connectivity index (χ1) is 16.0. The molecule has 0 amide bonds. The number of carbonyl (C=O) groups is 1. The molecule has 0 saturated heterocycles. The van der Waals surface area contributed by atoms with Crippen molar-refractivity contribution in [3.05, 3.63) is 86.8 Å². The quantitative estimate of drug-likeness (QED) is 0.308. The summed E-state index contributed by atoms with van der Waals surface area (Å²) in [5.74, 6) is -0.998. The van der Waals surface area contributed by atoms with Crippen LogP contribution in [0, 0.1) is 10.1 Å². The first-order valence-electron chi connectivity index (χ1n) is 9.78. The van der Waals surface area contributed by atoms with Gasteiger partial charge in [0.2, 0.25) is 5.78 Å². The van der Waals surface area contributed by atoms with Gasteiger partial charge in [0.25, 0.3) is 5.69 Å². The molecule has 0 aromatic heterocycles. The predicted molar refractivity (Wildman–Crippen MR) is 113 cm³/mol. The van der Waals surface area contributed by atoms with Gasteiger partial charge in [-0.05, 0) is 46.8 Å². The van der Waals surface area contributed by atoms with Gasteiger partial charge >= 0.3 is 6.18 Å². The van der Waals surface area contributed by atoms with Crippen molar-refractivity contribution < 1.29 is 36.8 Å². The molecule has 1 atom stereocenters. The molecule has 11 heteroatoms. The molecule has 0 saturated carbocycles. The molecule has 3 aromatic rings. The largest absolute Gasteiger partial charge is 0.497 e. The van der Waals surface area contributed by atoms with Gasteiger partial charge in [0, 0.05) is 11.6 Å². The molecule has 0 aliphatic carbocycles. The Kier molecular flexibility index (Phi) is 5.64. The minimum absolute atomic E-state index is 0.00454. The number of nitrogens with zero attached hydrogens (tertiary/aromatic N) is 1. The first kappa shape index (κ1) is 23.0. The lowest BCUT2D eigenvalue weighted by Gasteiger charge is -2.16. The third-order valence-electron chi connectivity index (χ3n) is 5.44. The molecular weight excluding hydrogens is 460 g/mol. The van der Waals surface area contributed by atoms with Gasteiger partial charge in [-0.15, -0.1) is 0 Å². The third-order valence-corrected chi connectivity index (χ3v) is 5.44. The molecule has 3 aromatic carbocycles. The maximum absolute atomic E-state index is 13.4. The number of Topliss-reactive ketones (excluding diaryl/α,β-unsaturated/α-hetero) is 1. The zero-order valence-corrected chi connectivity index (χ0v) is 17.5. The van der Waals surface area contributed by atoms with E-state index in [0.29, 0.717) is 0 Å². The molecular formula is C23H16F4N2O5. The summed E-state index contributed by atoms with van der Waals surface area (Å²) < 4.78 is 63.7. The number of non-ortho nitro benzene ring substituents is 1. The van der Waals surface area contributed by atoms with Gasteiger partial charge < -0.3 is 15.2 Å². The fourth-order valence-electron chi connectivity index (χ4n) is 3.90. The number of hydrogen-bond acceptors (Lipinski definition) is 6. The van der Waals surface area contributed by atoms with E-state index in [1.165, 1.54) is 31.4 Å². The Morgan fingerprint density at radius 1 is 1.15 bits per heavy atom. The number of alkyl halides is 4. The van der Waals surface area contributed by atoms with E-state index in [9.17, 15) is 32.5 Å². The topological polar surface area (TPSA) is 105 Å². The molecule has 34 heavy (non-hydrogen) atoms. The number of ketones is 1.